The number of rotatable bonds is 3. The second-order valence-electron chi connectivity index (χ2n) is 6.67. The Morgan fingerprint density at radius 2 is 1.75 bits per heavy atom. The van der Waals surface area contributed by atoms with E-state index in [0.29, 0.717) is 12.5 Å². The Balaban J connectivity index is 1.43. The predicted octanol–water partition coefficient (Wildman–Crippen LogP) is 4.00. The number of halogens is 1. The average Bonchev–Trinajstić information content (AvgIpc) is 2.94. The van der Waals surface area contributed by atoms with Crippen LogP contribution in [0.4, 0.5) is 5.69 Å². The first-order chi connectivity index (χ1) is 11.7. The average molecular weight is 385 g/mol. The van der Waals surface area contributed by atoms with Gasteiger partial charge >= 0.3 is 0 Å². The van der Waals surface area contributed by atoms with Crippen LogP contribution in [0.25, 0.3) is 0 Å². The number of nitrogens with zero attached hydrogens (tertiary/aromatic N) is 2. The van der Waals surface area contributed by atoms with E-state index in [-0.39, 0.29) is 5.91 Å². The molecule has 124 valence electrons. The summed E-state index contributed by atoms with van der Waals surface area (Å²) in [5.74, 6) is 0.249. The molecule has 4 heteroatoms. The van der Waals surface area contributed by atoms with Crippen molar-refractivity contribution >= 4 is 27.5 Å². The minimum atomic E-state index is 0.249. The molecular formula is C20H21BrN2O. The van der Waals surface area contributed by atoms with Crippen molar-refractivity contribution in [3.05, 3.63) is 64.1 Å². The van der Waals surface area contributed by atoms with E-state index in [0.717, 1.165) is 48.2 Å². The van der Waals surface area contributed by atoms with Crippen LogP contribution in [0.3, 0.4) is 0 Å². The van der Waals surface area contributed by atoms with Crippen molar-refractivity contribution in [3.8, 4) is 0 Å². The predicted molar refractivity (Wildman–Crippen MR) is 100 cm³/mol. The van der Waals surface area contributed by atoms with Crippen LogP contribution in [0.1, 0.15) is 24.0 Å². The van der Waals surface area contributed by atoms with Crippen LogP contribution >= 0.6 is 15.9 Å². The molecule has 0 saturated carbocycles. The molecule has 3 nitrogen and oxygen atoms in total. The molecule has 0 spiro atoms. The summed E-state index contributed by atoms with van der Waals surface area (Å²) in [5, 5.41) is 0. The Bertz CT molecular complexity index is 739. The summed E-state index contributed by atoms with van der Waals surface area (Å²) >= 11 is 3.59. The van der Waals surface area contributed by atoms with E-state index in [4.69, 9.17) is 0 Å². The van der Waals surface area contributed by atoms with Gasteiger partial charge < -0.3 is 4.90 Å². The maximum absolute atomic E-state index is 12.5. The molecule has 0 N–H and O–H groups in total. The third-order valence-corrected chi connectivity index (χ3v) is 5.86. The molecule has 1 amide bonds. The van der Waals surface area contributed by atoms with Gasteiger partial charge in [-0.25, -0.2) is 0 Å². The number of hydrogen-bond donors (Lipinski definition) is 0. The lowest BCUT2D eigenvalue weighted by Crippen LogP contribution is -2.46. The van der Waals surface area contributed by atoms with Gasteiger partial charge in [0.1, 0.15) is 0 Å². The molecule has 2 aromatic carbocycles. The monoisotopic (exact) mass is 384 g/mol. The first-order valence-electron chi connectivity index (χ1n) is 8.58. The number of benzene rings is 2. The number of amides is 1. The fourth-order valence-electron chi connectivity index (χ4n) is 3.90. The summed E-state index contributed by atoms with van der Waals surface area (Å²) in [6, 6.07) is 17.1. The van der Waals surface area contributed by atoms with Gasteiger partial charge in [0.15, 0.2) is 0 Å². The van der Waals surface area contributed by atoms with Crippen molar-refractivity contribution in [1.82, 2.24) is 4.90 Å². The summed E-state index contributed by atoms with van der Waals surface area (Å²) in [5.41, 5.74) is 3.62. The Morgan fingerprint density at radius 1 is 1.00 bits per heavy atom. The van der Waals surface area contributed by atoms with Gasteiger partial charge in [-0.1, -0.05) is 52.3 Å². The zero-order valence-corrected chi connectivity index (χ0v) is 15.2. The quantitative estimate of drug-likeness (QED) is 0.798. The molecule has 0 atom stereocenters. The highest BCUT2D eigenvalue weighted by Gasteiger charge is 2.35. The molecule has 4 rings (SSSR count). The Hall–Kier alpha value is -1.65. The normalized spacial score (nSPS) is 18.9. The lowest BCUT2D eigenvalue weighted by atomic mass is 10.0. The summed E-state index contributed by atoms with van der Waals surface area (Å²) < 4.78 is 1.05. The van der Waals surface area contributed by atoms with E-state index in [9.17, 15) is 4.79 Å². The zero-order valence-electron chi connectivity index (χ0n) is 13.6. The number of likely N-dealkylation sites (tertiary alicyclic amines) is 1. The van der Waals surface area contributed by atoms with E-state index < -0.39 is 0 Å². The summed E-state index contributed by atoms with van der Waals surface area (Å²) in [6.45, 7) is 3.10. The molecule has 1 fully saturated rings. The molecule has 0 aliphatic carbocycles. The van der Waals surface area contributed by atoms with Crippen molar-refractivity contribution in [2.24, 2.45) is 0 Å². The van der Waals surface area contributed by atoms with Gasteiger partial charge in [0.05, 0.1) is 6.42 Å². The Labute approximate surface area is 151 Å². The second kappa shape index (κ2) is 6.69. The Morgan fingerprint density at radius 3 is 2.50 bits per heavy atom. The van der Waals surface area contributed by atoms with Crippen molar-refractivity contribution < 1.29 is 4.79 Å². The molecule has 2 aliphatic rings. The fraction of sp³-hybridized carbons (Fsp3) is 0.350. The van der Waals surface area contributed by atoms with Crippen molar-refractivity contribution in [1.29, 1.82) is 0 Å². The van der Waals surface area contributed by atoms with Crippen LogP contribution in [-0.2, 0) is 17.8 Å². The van der Waals surface area contributed by atoms with E-state index in [1.165, 1.54) is 5.56 Å². The summed E-state index contributed by atoms with van der Waals surface area (Å²) in [4.78, 5) is 17.1. The number of hydrogen-bond acceptors (Lipinski definition) is 2. The van der Waals surface area contributed by atoms with E-state index >= 15 is 0 Å². The smallest absolute Gasteiger partial charge is 0.231 e. The molecule has 2 heterocycles. The van der Waals surface area contributed by atoms with Gasteiger partial charge in [0, 0.05) is 35.8 Å². The maximum Gasteiger partial charge on any atom is 0.231 e. The molecule has 1 saturated heterocycles. The van der Waals surface area contributed by atoms with E-state index in [1.807, 2.05) is 12.1 Å². The van der Waals surface area contributed by atoms with Gasteiger partial charge in [-0.15, -0.1) is 0 Å². The first kappa shape index (κ1) is 15.9. The maximum atomic E-state index is 12.5. The fourth-order valence-corrected chi connectivity index (χ4v) is 4.39. The van der Waals surface area contributed by atoms with Crippen LogP contribution in [0, 0.1) is 0 Å². The lowest BCUT2D eigenvalue weighted by Gasteiger charge is -2.37. The second-order valence-corrected chi connectivity index (χ2v) is 7.53. The molecule has 2 aliphatic heterocycles. The number of piperidine rings is 1. The molecule has 0 aromatic heterocycles. The highest BCUT2D eigenvalue weighted by Crippen LogP contribution is 2.37. The largest absolute Gasteiger partial charge is 0.309 e. The highest BCUT2D eigenvalue weighted by molar-refractivity contribution is 9.10. The minimum Gasteiger partial charge on any atom is -0.309 e. The number of carbonyl (C=O) groups excluding carboxylic acids is 1. The van der Waals surface area contributed by atoms with E-state index in [1.54, 1.807) is 0 Å². The van der Waals surface area contributed by atoms with Crippen molar-refractivity contribution in [2.75, 3.05) is 18.0 Å². The van der Waals surface area contributed by atoms with Gasteiger partial charge in [-0.05, 0) is 36.1 Å². The third kappa shape index (κ3) is 3.01. The van der Waals surface area contributed by atoms with Gasteiger partial charge in [-0.3, -0.25) is 9.69 Å². The zero-order chi connectivity index (χ0) is 16.5. The Kier molecular flexibility index (Phi) is 4.42. The molecule has 0 bridgehead atoms. The van der Waals surface area contributed by atoms with Crippen LogP contribution in [-0.4, -0.2) is 29.9 Å². The van der Waals surface area contributed by atoms with Crippen LogP contribution in [0.5, 0.6) is 0 Å². The highest BCUT2D eigenvalue weighted by atomic mass is 79.9. The molecular weight excluding hydrogens is 364 g/mol. The number of fused-ring (bicyclic) bond motifs is 1. The molecule has 24 heavy (non-hydrogen) atoms. The standard InChI is InChI=1S/C20H21BrN2O/c21-18-7-4-8-19-17(18)13-20(24)23(19)16-9-11-22(12-10-16)14-15-5-2-1-3-6-15/h1-8,16H,9-14H2. The molecule has 0 radical (unpaired) electrons. The van der Waals surface area contributed by atoms with Gasteiger partial charge in [-0.2, -0.15) is 0 Å². The topological polar surface area (TPSA) is 23.6 Å². The first-order valence-corrected chi connectivity index (χ1v) is 9.37. The van der Waals surface area contributed by atoms with Crippen LogP contribution in [0.15, 0.2) is 53.0 Å². The third-order valence-electron chi connectivity index (χ3n) is 5.12. The van der Waals surface area contributed by atoms with Crippen LogP contribution in [0.2, 0.25) is 0 Å². The number of carbonyl (C=O) groups is 1. The van der Waals surface area contributed by atoms with Crippen molar-refractivity contribution in [3.63, 3.8) is 0 Å². The summed E-state index contributed by atoms with van der Waals surface area (Å²) in [6.07, 6.45) is 2.62. The van der Waals surface area contributed by atoms with Crippen LogP contribution < -0.4 is 4.90 Å². The van der Waals surface area contributed by atoms with Gasteiger partial charge in [0.25, 0.3) is 0 Å². The number of anilines is 1. The summed E-state index contributed by atoms with van der Waals surface area (Å²) in [7, 11) is 0. The minimum absolute atomic E-state index is 0.249. The molecule has 2 aromatic rings. The van der Waals surface area contributed by atoms with E-state index in [2.05, 4.69) is 62.1 Å². The van der Waals surface area contributed by atoms with Crippen molar-refractivity contribution in [2.45, 2.75) is 31.8 Å². The lowest BCUT2D eigenvalue weighted by molar-refractivity contribution is -0.118. The molecule has 0 unspecified atom stereocenters. The van der Waals surface area contributed by atoms with Gasteiger partial charge in [0.2, 0.25) is 5.91 Å². The SMILES string of the molecule is O=C1Cc2c(Br)cccc2N1C1CCN(Cc2ccccc2)CC1.